The number of likely N-dealkylation sites (N-methyl/N-ethyl adjacent to an activating group) is 1. The molecule has 1 heterocycles. The molecule has 17 heavy (non-hydrogen) atoms. The minimum Gasteiger partial charge on any atom is -0.506 e. The van der Waals surface area contributed by atoms with Gasteiger partial charge in [-0.3, -0.25) is 4.90 Å². The number of phenolic OH excluding ortho intramolecular Hbond substituents is 1. The normalized spacial score (nSPS) is 19.2. The fourth-order valence-electron chi connectivity index (χ4n) is 2.19. The molecule has 1 aromatic carbocycles. The van der Waals surface area contributed by atoms with Crippen molar-refractivity contribution in [3.63, 3.8) is 0 Å². The van der Waals surface area contributed by atoms with Gasteiger partial charge in [0.05, 0.1) is 5.02 Å². The van der Waals surface area contributed by atoms with Crippen LogP contribution in [0.2, 0.25) is 5.02 Å². The SMILES string of the molecule is CN1CCCN(Cc2cccc(Cl)c2O)CC1. The maximum atomic E-state index is 9.88. The Balaban J connectivity index is 2.02. The first-order valence-electron chi connectivity index (χ1n) is 6.04. The van der Waals surface area contributed by atoms with E-state index in [0.29, 0.717) is 5.02 Å². The third-order valence-electron chi connectivity index (χ3n) is 3.28. The highest BCUT2D eigenvalue weighted by Crippen LogP contribution is 2.28. The second-order valence-electron chi connectivity index (χ2n) is 4.68. The van der Waals surface area contributed by atoms with E-state index in [0.717, 1.165) is 38.3 Å². The molecule has 0 unspecified atom stereocenters. The number of benzene rings is 1. The molecule has 2 rings (SSSR count). The quantitative estimate of drug-likeness (QED) is 0.877. The van der Waals surface area contributed by atoms with Crippen LogP contribution in [0.25, 0.3) is 0 Å². The van der Waals surface area contributed by atoms with Crippen LogP contribution in [0.1, 0.15) is 12.0 Å². The molecule has 3 nitrogen and oxygen atoms in total. The van der Waals surface area contributed by atoms with Gasteiger partial charge in [-0.05, 0) is 32.6 Å². The van der Waals surface area contributed by atoms with Crippen molar-refractivity contribution in [3.05, 3.63) is 28.8 Å². The van der Waals surface area contributed by atoms with Crippen LogP contribution in [0.15, 0.2) is 18.2 Å². The van der Waals surface area contributed by atoms with Gasteiger partial charge in [-0.1, -0.05) is 23.7 Å². The van der Waals surface area contributed by atoms with Gasteiger partial charge >= 0.3 is 0 Å². The van der Waals surface area contributed by atoms with Crippen LogP contribution in [0, 0.1) is 0 Å². The van der Waals surface area contributed by atoms with E-state index in [-0.39, 0.29) is 5.75 Å². The van der Waals surface area contributed by atoms with E-state index in [4.69, 9.17) is 11.6 Å². The van der Waals surface area contributed by atoms with Crippen molar-refractivity contribution in [2.45, 2.75) is 13.0 Å². The van der Waals surface area contributed by atoms with Crippen LogP contribution < -0.4 is 0 Å². The number of aromatic hydroxyl groups is 1. The second kappa shape index (κ2) is 5.71. The van der Waals surface area contributed by atoms with Gasteiger partial charge in [0.15, 0.2) is 0 Å². The average molecular weight is 255 g/mol. The lowest BCUT2D eigenvalue weighted by Crippen LogP contribution is -2.28. The number of rotatable bonds is 2. The molecule has 0 aliphatic carbocycles. The predicted octanol–water partition coefficient (Wildman–Crippen LogP) is 2.18. The van der Waals surface area contributed by atoms with E-state index in [2.05, 4.69) is 16.8 Å². The molecule has 4 heteroatoms. The highest BCUT2D eigenvalue weighted by Gasteiger charge is 2.14. The highest BCUT2D eigenvalue weighted by molar-refractivity contribution is 6.32. The van der Waals surface area contributed by atoms with Gasteiger partial charge in [-0.25, -0.2) is 0 Å². The van der Waals surface area contributed by atoms with Crippen LogP contribution in [-0.4, -0.2) is 48.1 Å². The summed E-state index contributed by atoms with van der Waals surface area (Å²) in [4.78, 5) is 4.71. The van der Waals surface area contributed by atoms with Crippen molar-refractivity contribution in [1.29, 1.82) is 0 Å². The van der Waals surface area contributed by atoms with E-state index in [1.54, 1.807) is 6.07 Å². The molecule has 1 aliphatic heterocycles. The topological polar surface area (TPSA) is 26.7 Å². The Labute approximate surface area is 108 Å². The summed E-state index contributed by atoms with van der Waals surface area (Å²) in [5.41, 5.74) is 0.919. The van der Waals surface area contributed by atoms with Crippen molar-refractivity contribution >= 4 is 11.6 Å². The molecule has 1 fully saturated rings. The first kappa shape index (κ1) is 12.7. The first-order chi connectivity index (χ1) is 8.16. The van der Waals surface area contributed by atoms with Gasteiger partial charge in [0.25, 0.3) is 0 Å². The summed E-state index contributed by atoms with van der Waals surface area (Å²) in [7, 11) is 2.15. The monoisotopic (exact) mass is 254 g/mol. The Kier molecular flexibility index (Phi) is 4.26. The summed E-state index contributed by atoms with van der Waals surface area (Å²) >= 11 is 5.91. The number of hydrogen-bond donors (Lipinski definition) is 1. The van der Waals surface area contributed by atoms with Crippen molar-refractivity contribution in [3.8, 4) is 5.75 Å². The van der Waals surface area contributed by atoms with E-state index >= 15 is 0 Å². The number of para-hydroxylation sites is 1. The minimum atomic E-state index is 0.228. The lowest BCUT2D eigenvalue weighted by atomic mass is 10.2. The zero-order chi connectivity index (χ0) is 12.3. The van der Waals surface area contributed by atoms with Gasteiger partial charge < -0.3 is 10.0 Å². The number of nitrogens with zero attached hydrogens (tertiary/aromatic N) is 2. The molecule has 1 saturated heterocycles. The van der Waals surface area contributed by atoms with Crippen molar-refractivity contribution in [2.75, 3.05) is 33.2 Å². The first-order valence-corrected chi connectivity index (χ1v) is 6.42. The fourth-order valence-corrected chi connectivity index (χ4v) is 2.38. The van der Waals surface area contributed by atoms with Crippen molar-refractivity contribution < 1.29 is 5.11 Å². The molecule has 1 aromatic rings. The number of hydrogen-bond acceptors (Lipinski definition) is 3. The van der Waals surface area contributed by atoms with E-state index in [1.165, 1.54) is 6.42 Å². The Hall–Kier alpha value is -0.770. The van der Waals surface area contributed by atoms with Gasteiger partial charge in [-0.2, -0.15) is 0 Å². The van der Waals surface area contributed by atoms with Gasteiger partial charge in [0, 0.05) is 25.2 Å². The van der Waals surface area contributed by atoms with E-state index in [1.807, 2.05) is 12.1 Å². The fraction of sp³-hybridized carbons (Fsp3) is 0.538. The summed E-state index contributed by atoms with van der Waals surface area (Å²) in [5, 5.41) is 10.3. The minimum absolute atomic E-state index is 0.228. The third-order valence-corrected chi connectivity index (χ3v) is 3.58. The second-order valence-corrected chi connectivity index (χ2v) is 5.09. The zero-order valence-corrected chi connectivity index (χ0v) is 11.0. The zero-order valence-electron chi connectivity index (χ0n) is 10.2. The molecule has 0 atom stereocenters. The Morgan fingerprint density at radius 3 is 2.88 bits per heavy atom. The number of halogens is 1. The summed E-state index contributed by atoms with van der Waals surface area (Å²) in [6, 6.07) is 5.55. The lowest BCUT2D eigenvalue weighted by molar-refractivity contribution is 0.266. The molecule has 1 aliphatic rings. The predicted molar refractivity (Wildman–Crippen MR) is 70.5 cm³/mol. The maximum absolute atomic E-state index is 9.88. The van der Waals surface area contributed by atoms with E-state index < -0.39 is 0 Å². The molecule has 1 N–H and O–H groups in total. The van der Waals surface area contributed by atoms with Crippen LogP contribution in [0.3, 0.4) is 0 Å². The lowest BCUT2D eigenvalue weighted by Gasteiger charge is -2.20. The van der Waals surface area contributed by atoms with Gasteiger partial charge in [-0.15, -0.1) is 0 Å². The molecule has 0 aromatic heterocycles. The third kappa shape index (κ3) is 3.35. The molecular weight excluding hydrogens is 236 g/mol. The van der Waals surface area contributed by atoms with Gasteiger partial charge in [0.2, 0.25) is 0 Å². The number of phenols is 1. The highest BCUT2D eigenvalue weighted by atomic mass is 35.5. The average Bonchev–Trinajstić information content (AvgIpc) is 2.50. The van der Waals surface area contributed by atoms with E-state index in [9.17, 15) is 5.11 Å². The summed E-state index contributed by atoms with van der Waals surface area (Å²) in [5.74, 6) is 0.228. The molecule has 0 spiro atoms. The Morgan fingerprint density at radius 2 is 2.06 bits per heavy atom. The molecule has 0 radical (unpaired) electrons. The summed E-state index contributed by atoms with van der Waals surface area (Å²) in [6.45, 7) is 5.14. The summed E-state index contributed by atoms with van der Waals surface area (Å²) in [6.07, 6.45) is 1.18. The standard InChI is InChI=1S/C13H19ClN2O/c1-15-6-3-7-16(9-8-15)10-11-4-2-5-12(14)13(11)17/h2,4-5,17H,3,6-10H2,1H3. The molecule has 0 amide bonds. The van der Waals surface area contributed by atoms with Crippen LogP contribution in [0.5, 0.6) is 5.75 Å². The van der Waals surface area contributed by atoms with Crippen molar-refractivity contribution in [2.24, 2.45) is 0 Å². The van der Waals surface area contributed by atoms with Crippen molar-refractivity contribution in [1.82, 2.24) is 9.80 Å². The smallest absolute Gasteiger partial charge is 0.138 e. The summed E-state index contributed by atoms with van der Waals surface area (Å²) < 4.78 is 0. The Morgan fingerprint density at radius 1 is 1.24 bits per heavy atom. The van der Waals surface area contributed by atoms with Crippen LogP contribution in [0.4, 0.5) is 0 Å². The largest absolute Gasteiger partial charge is 0.506 e. The Bertz CT molecular complexity index is 384. The van der Waals surface area contributed by atoms with Crippen LogP contribution >= 0.6 is 11.6 Å². The van der Waals surface area contributed by atoms with Gasteiger partial charge in [0.1, 0.15) is 5.75 Å². The van der Waals surface area contributed by atoms with Crippen LogP contribution in [-0.2, 0) is 6.54 Å². The molecule has 0 bridgehead atoms. The molecular formula is C13H19ClN2O. The molecule has 94 valence electrons. The molecule has 0 saturated carbocycles. The maximum Gasteiger partial charge on any atom is 0.138 e.